The first kappa shape index (κ1) is 23.3. The van der Waals surface area contributed by atoms with E-state index in [1.165, 1.54) is 0 Å². The van der Waals surface area contributed by atoms with Crippen molar-refractivity contribution in [2.75, 3.05) is 13.2 Å². The molecule has 0 bridgehead atoms. The van der Waals surface area contributed by atoms with Crippen LogP contribution in [0.4, 0.5) is 0 Å². The molecule has 0 aromatic carbocycles. The summed E-state index contributed by atoms with van der Waals surface area (Å²) in [6.45, 7) is 3.87. The lowest BCUT2D eigenvalue weighted by molar-refractivity contribution is -0.173. The number of hydrogen-bond acceptors (Lipinski definition) is 7. The van der Waals surface area contributed by atoms with E-state index in [0.29, 0.717) is 32.2 Å². The first-order valence-electron chi connectivity index (χ1n) is 11.9. The fourth-order valence-electron chi connectivity index (χ4n) is 7.43. The highest BCUT2D eigenvalue weighted by Crippen LogP contribution is 2.66. The molecule has 0 unspecified atom stereocenters. The summed E-state index contributed by atoms with van der Waals surface area (Å²) in [6.07, 6.45) is 6.21. The van der Waals surface area contributed by atoms with Gasteiger partial charge < -0.3 is 15.6 Å². The third kappa shape index (κ3) is 3.39. The van der Waals surface area contributed by atoms with Crippen molar-refractivity contribution in [2.45, 2.75) is 77.2 Å². The van der Waals surface area contributed by atoms with Crippen LogP contribution in [0.15, 0.2) is 11.6 Å². The minimum absolute atomic E-state index is 0.0445. The van der Waals surface area contributed by atoms with Crippen molar-refractivity contribution in [1.82, 2.24) is 0 Å². The Balaban J connectivity index is 1.56. The molecule has 6 atom stereocenters. The van der Waals surface area contributed by atoms with Crippen molar-refractivity contribution in [3.05, 3.63) is 11.6 Å². The lowest BCUT2D eigenvalue weighted by atomic mass is 9.46. The van der Waals surface area contributed by atoms with Crippen molar-refractivity contribution in [1.29, 1.82) is 0 Å². The summed E-state index contributed by atoms with van der Waals surface area (Å²) in [7, 11) is 0. The lowest BCUT2D eigenvalue weighted by Crippen LogP contribution is -2.61. The van der Waals surface area contributed by atoms with Crippen molar-refractivity contribution < 1.29 is 29.0 Å². The molecule has 176 valence electrons. The second-order valence-corrected chi connectivity index (χ2v) is 10.8. The molecule has 0 spiro atoms. The summed E-state index contributed by atoms with van der Waals surface area (Å²) in [6, 6.07) is 0. The molecule has 0 aliphatic heterocycles. The van der Waals surface area contributed by atoms with E-state index in [0.717, 1.165) is 18.4 Å². The largest absolute Gasteiger partial charge is 0.458 e. The van der Waals surface area contributed by atoms with Gasteiger partial charge in [-0.05, 0) is 68.4 Å². The van der Waals surface area contributed by atoms with Crippen LogP contribution in [-0.4, -0.2) is 47.2 Å². The summed E-state index contributed by atoms with van der Waals surface area (Å²) >= 11 is 0. The Morgan fingerprint density at radius 3 is 2.66 bits per heavy atom. The Hall–Kier alpha value is -1.86. The summed E-state index contributed by atoms with van der Waals surface area (Å²) in [5.74, 6) is -0.817. The summed E-state index contributed by atoms with van der Waals surface area (Å²) in [5.41, 5.74) is 3.65. The summed E-state index contributed by atoms with van der Waals surface area (Å²) in [5, 5.41) is 11.6. The van der Waals surface area contributed by atoms with Gasteiger partial charge in [-0.2, -0.15) is 0 Å². The number of nitrogens with two attached hydrogens (primary N) is 1. The van der Waals surface area contributed by atoms with Crippen LogP contribution in [0, 0.1) is 28.6 Å². The molecule has 32 heavy (non-hydrogen) atoms. The molecule has 7 nitrogen and oxygen atoms in total. The van der Waals surface area contributed by atoms with E-state index in [2.05, 4.69) is 6.92 Å². The van der Waals surface area contributed by atoms with E-state index in [1.807, 2.05) is 6.92 Å². The zero-order valence-corrected chi connectivity index (χ0v) is 19.2. The van der Waals surface area contributed by atoms with Gasteiger partial charge in [0.15, 0.2) is 12.4 Å². The molecule has 3 N–H and O–H groups in total. The molecular formula is C25H35NO6. The molecule has 0 heterocycles. The van der Waals surface area contributed by atoms with E-state index in [9.17, 15) is 24.3 Å². The highest BCUT2D eigenvalue weighted by atomic mass is 16.5. The van der Waals surface area contributed by atoms with Crippen LogP contribution in [-0.2, 0) is 23.9 Å². The number of fused-ring (bicyclic) bond motifs is 5. The minimum Gasteiger partial charge on any atom is -0.458 e. The van der Waals surface area contributed by atoms with Gasteiger partial charge in [0.25, 0.3) is 0 Å². The second kappa shape index (κ2) is 8.17. The lowest BCUT2D eigenvalue weighted by Gasteiger charge is -2.57. The molecule has 3 fully saturated rings. The SMILES string of the molecule is C[C@]12CCC(=O)C=C1CC[C@@H]1[C@@H]2C(=O)C[C@@]2(C)[C@H]1CC[C@]2(O)C(=O)COC(=O)CCCN. The van der Waals surface area contributed by atoms with Gasteiger partial charge in [0, 0.05) is 30.6 Å². The van der Waals surface area contributed by atoms with Gasteiger partial charge in [0.2, 0.25) is 5.78 Å². The van der Waals surface area contributed by atoms with Crippen molar-refractivity contribution in [2.24, 2.45) is 34.3 Å². The number of carbonyl (C=O) groups excluding carboxylic acids is 4. The van der Waals surface area contributed by atoms with Gasteiger partial charge in [0.05, 0.1) is 0 Å². The summed E-state index contributed by atoms with van der Waals surface area (Å²) in [4.78, 5) is 50.5. The third-order valence-electron chi connectivity index (χ3n) is 9.22. The molecule has 0 amide bonds. The number of ether oxygens (including phenoxy) is 1. The monoisotopic (exact) mass is 445 g/mol. The van der Waals surface area contributed by atoms with E-state index < -0.39 is 29.4 Å². The van der Waals surface area contributed by atoms with Gasteiger partial charge in [-0.25, -0.2) is 0 Å². The zero-order chi connectivity index (χ0) is 23.3. The molecule has 0 radical (unpaired) electrons. The van der Waals surface area contributed by atoms with E-state index in [1.54, 1.807) is 6.08 Å². The number of hydrogen-bond donors (Lipinski definition) is 2. The number of aliphatic hydroxyl groups is 1. The molecule has 0 aromatic rings. The van der Waals surface area contributed by atoms with Gasteiger partial charge in [0.1, 0.15) is 11.4 Å². The normalized spacial score (nSPS) is 40.8. The van der Waals surface area contributed by atoms with Crippen LogP contribution in [0.2, 0.25) is 0 Å². The average Bonchev–Trinajstić information content (AvgIpc) is 3.02. The third-order valence-corrected chi connectivity index (χ3v) is 9.22. The van der Waals surface area contributed by atoms with Crippen LogP contribution in [0.1, 0.15) is 71.6 Å². The van der Waals surface area contributed by atoms with Crippen molar-refractivity contribution in [3.63, 3.8) is 0 Å². The smallest absolute Gasteiger partial charge is 0.306 e. The van der Waals surface area contributed by atoms with Crippen molar-refractivity contribution in [3.8, 4) is 0 Å². The molecule has 4 rings (SSSR count). The van der Waals surface area contributed by atoms with Gasteiger partial charge in [-0.1, -0.05) is 19.4 Å². The van der Waals surface area contributed by atoms with Crippen molar-refractivity contribution >= 4 is 23.3 Å². The first-order chi connectivity index (χ1) is 15.1. The Labute approximate surface area is 189 Å². The predicted octanol–water partition coefficient (Wildman–Crippen LogP) is 2.28. The van der Waals surface area contributed by atoms with Crippen LogP contribution in [0.25, 0.3) is 0 Å². The fourth-order valence-corrected chi connectivity index (χ4v) is 7.43. The Bertz CT molecular complexity index is 880. The van der Waals surface area contributed by atoms with Crippen LogP contribution in [0.5, 0.6) is 0 Å². The molecule has 4 aliphatic rings. The Morgan fingerprint density at radius 2 is 1.94 bits per heavy atom. The molecule has 7 heteroatoms. The second-order valence-electron chi connectivity index (χ2n) is 10.8. The number of ketones is 3. The fraction of sp³-hybridized carbons (Fsp3) is 0.760. The molecule has 3 saturated carbocycles. The van der Waals surface area contributed by atoms with Crippen LogP contribution in [0.3, 0.4) is 0 Å². The van der Waals surface area contributed by atoms with Crippen LogP contribution < -0.4 is 5.73 Å². The van der Waals surface area contributed by atoms with Gasteiger partial charge in [-0.15, -0.1) is 0 Å². The topological polar surface area (TPSA) is 124 Å². The maximum atomic E-state index is 13.6. The Kier molecular flexibility index (Phi) is 5.95. The maximum Gasteiger partial charge on any atom is 0.306 e. The highest BCUT2D eigenvalue weighted by molar-refractivity contribution is 5.95. The Morgan fingerprint density at radius 1 is 1.19 bits per heavy atom. The predicted molar refractivity (Wildman–Crippen MR) is 116 cm³/mol. The van der Waals surface area contributed by atoms with Gasteiger partial charge in [-0.3, -0.25) is 19.2 Å². The quantitative estimate of drug-likeness (QED) is 0.601. The maximum absolute atomic E-state index is 13.6. The minimum atomic E-state index is -1.67. The average molecular weight is 446 g/mol. The molecule has 4 aliphatic carbocycles. The van der Waals surface area contributed by atoms with Gasteiger partial charge >= 0.3 is 5.97 Å². The standard InChI is InChI=1S/C25H35NO6/c1-23-9-7-16(27)12-15(23)5-6-17-18-8-10-25(31,24(18,2)13-19(28)22(17)23)20(29)14-32-21(30)4-3-11-26/h12,17-18,22,31H,3-11,13-14,26H2,1-2H3/t17-,18-,22+,23-,24-,25-/m0/s1. The highest BCUT2D eigenvalue weighted by Gasteiger charge is 2.68. The summed E-state index contributed by atoms with van der Waals surface area (Å²) < 4.78 is 5.11. The van der Waals surface area contributed by atoms with E-state index in [-0.39, 0.29) is 54.0 Å². The molecule has 0 saturated heterocycles. The number of allylic oxidation sites excluding steroid dienone is 1. The molecular weight excluding hydrogens is 410 g/mol. The number of Topliss-reactive ketones (excluding diaryl/α,β-unsaturated/α-hetero) is 2. The first-order valence-corrected chi connectivity index (χ1v) is 11.9. The number of esters is 1. The molecule has 0 aromatic heterocycles. The van der Waals surface area contributed by atoms with E-state index >= 15 is 0 Å². The number of carbonyl (C=O) groups is 4. The zero-order valence-electron chi connectivity index (χ0n) is 19.2. The number of rotatable bonds is 6. The van der Waals surface area contributed by atoms with E-state index in [4.69, 9.17) is 10.5 Å². The van der Waals surface area contributed by atoms with Crippen LogP contribution >= 0.6 is 0 Å².